The van der Waals surface area contributed by atoms with Gasteiger partial charge in [-0.2, -0.15) is 13.2 Å². The van der Waals surface area contributed by atoms with Crippen LogP contribution in [-0.4, -0.2) is 74.4 Å². The van der Waals surface area contributed by atoms with Crippen LogP contribution in [0.5, 0.6) is 5.75 Å². The van der Waals surface area contributed by atoms with Gasteiger partial charge in [0.05, 0.1) is 40.5 Å². The maximum Gasteiger partial charge on any atom is 0.393 e. The predicted molar refractivity (Wildman–Crippen MR) is 166 cm³/mol. The third-order valence-electron chi connectivity index (χ3n) is 7.65. The lowest BCUT2D eigenvalue weighted by molar-refractivity contribution is -0.126. The van der Waals surface area contributed by atoms with Gasteiger partial charge in [0.2, 0.25) is 0 Å². The molecule has 1 aliphatic carbocycles. The molecule has 1 aromatic heterocycles. The lowest BCUT2D eigenvalue weighted by Gasteiger charge is -2.33. The van der Waals surface area contributed by atoms with Crippen molar-refractivity contribution >= 4 is 45.2 Å². The highest BCUT2D eigenvalue weighted by Gasteiger charge is 2.33. The van der Waals surface area contributed by atoms with Crippen LogP contribution in [-0.2, 0) is 11.0 Å². The number of halogens is 3. The van der Waals surface area contributed by atoms with Crippen molar-refractivity contribution in [1.29, 1.82) is 0 Å². The van der Waals surface area contributed by atoms with Gasteiger partial charge in [-0.25, -0.2) is 0 Å². The first kappa shape index (κ1) is 30.7. The number of thiophene rings is 1. The van der Waals surface area contributed by atoms with E-state index < -0.39 is 19.7 Å². The molecular weight excluding hydrogens is 582 g/mol. The normalized spacial score (nSPS) is 16.7. The maximum atomic E-state index is 13.7. The predicted octanol–water partition coefficient (Wildman–Crippen LogP) is 6.13. The van der Waals surface area contributed by atoms with Gasteiger partial charge >= 0.3 is 6.18 Å². The molecule has 5 rings (SSSR count). The van der Waals surface area contributed by atoms with Crippen molar-refractivity contribution in [3.8, 4) is 17.6 Å². The molecule has 0 radical (unpaired) electrons. The van der Waals surface area contributed by atoms with E-state index in [-0.39, 0.29) is 25.3 Å². The number of hydrogen-bond acceptors (Lipinski definition) is 7. The zero-order chi connectivity index (χ0) is 29.9. The molecule has 0 bridgehead atoms. The Balaban J connectivity index is 1.35. The first-order valence-electron chi connectivity index (χ1n) is 14.3. The van der Waals surface area contributed by atoms with Crippen molar-refractivity contribution < 1.29 is 27.6 Å². The number of nitrogens with one attached hydrogen (secondary N) is 2. The standard InChI is InChI=1S/C31H37F3N3O3PS/c1-41(2,39)23-10-11-26(28(19-23)40-18-17-38)35-14-4-7-29-25(20-31(32,33)34)24-5-3-6-27(30(24)42-29)36-21-12-15-37(16-13-21)22-8-9-22/h3,5-6,10-11,19,21-22,35-36,38H,8-9,12-18,20H2,1-2H3. The number of ether oxygens (including phenoxy) is 1. The van der Waals surface area contributed by atoms with E-state index in [1.165, 1.54) is 24.2 Å². The fraction of sp³-hybridized carbons (Fsp3) is 0.484. The van der Waals surface area contributed by atoms with E-state index in [0.717, 1.165) is 42.4 Å². The summed E-state index contributed by atoms with van der Waals surface area (Å²) in [6.45, 7) is 5.49. The summed E-state index contributed by atoms with van der Waals surface area (Å²) in [4.78, 5) is 2.96. The fourth-order valence-electron chi connectivity index (χ4n) is 5.36. The fourth-order valence-corrected chi connectivity index (χ4v) is 7.39. The maximum absolute atomic E-state index is 13.7. The number of nitrogens with zero attached hydrogens (tertiary/aromatic N) is 1. The van der Waals surface area contributed by atoms with Gasteiger partial charge < -0.3 is 29.9 Å². The van der Waals surface area contributed by atoms with Crippen molar-refractivity contribution in [3.05, 3.63) is 46.8 Å². The quantitative estimate of drug-likeness (QED) is 0.188. The Labute approximate surface area is 249 Å². The van der Waals surface area contributed by atoms with E-state index in [0.29, 0.717) is 33.0 Å². The van der Waals surface area contributed by atoms with Gasteiger partial charge in [-0.1, -0.05) is 24.0 Å². The topological polar surface area (TPSA) is 73.8 Å². The van der Waals surface area contributed by atoms with Gasteiger partial charge in [-0.3, -0.25) is 0 Å². The molecule has 3 aromatic rings. The SMILES string of the molecule is CP(C)(=O)c1ccc(NCC#Cc2sc3c(NC4CCN(C5CC5)CC4)cccc3c2CC(F)(F)F)c(OCCO)c1. The van der Waals surface area contributed by atoms with Crippen molar-refractivity contribution in [2.75, 3.05) is 56.8 Å². The minimum atomic E-state index is -4.36. The third-order valence-corrected chi connectivity index (χ3v) is 10.4. The summed E-state index contributed by atoms with van der Waals surface area (Å²) >= 11 is 1.30. The van der Waals surface area contributed by atoms with E-state index >= 15 is 0 Å². The molecule has 0 atom stereocenters. The minimum Gasteiger partial charge on any atom is -0.489 e. The summed E-state index contributed by atoms with van der Waals surface area (Å²) in [7, 11) is -2.52. The van der Waals surface area contributed by atoms with Crippen LogP contribution in [0.4, 0.5) is 24.5 Å². The molecule has 11 heteroatoms. The number of hydrogen-bond donors (Lipinski definition) is 3. The number of fused-ring (bicyclic) bond motifs is 1. The number of alkyl halides is 3. The van der Waals surface area contributed by atoms with Crippen LogP contribution in [0.15, 0.2) is 36.4 Å². The van der Waals surface area contributed by atoms with E-state index in [2.05, 4.69) is 27.4 Å². The number of anilines is 2. The van der Waals surface area contributed by atoms with Gasteiger partial charge in [-0.15, -0.1) is 11.3 Å². The second kappa shape index (κ2) is 12.9. The summed E-state index contributed by atoms with van der Waals surface area (Å²) in [5, 5.41) is 17.2. The smallest absolute Gasteiger partial charge is 0.393 e. The highest BCUT2D eigenvalue weighted by atomic mass is 32.1. The Kier molecular flexibility index (Phi) is 9.44. The van der Waals surface area contributed by atoms with Crippen LogP contribution in [0.3, 0.4) is 0 Å². The number of likely N-dealkylation sites (tertiary alicyclic amines) is 1. The number of rotatable bonds is 10. The van der Waals surface area contributed by atoms with Crippen molar-refractivity contribution in [2.24, 2.45) is 0 Å². The molecule has 2 aromatic carbocycles. The van der Waals surface area contributed by atoms with E-state index in [9.17, 15) is 22.8 Å². The summed E-state index contributed by atoms with van der Waals surface area (Å²) in [6, 6.07) is 11.7. The average molecular weight is 620 g/mol. The van der Waals surface area contributed by atoms with Crippen LogP contribution in [0, 0.1) is 11.8 Å². The van der Waals surface area contributed by atoms with Gasteiger partial charge in [0.1, 0.15) is 19.5 Å². The Morgan fingerprint density at radius 1 is 1.12 bits per heavy atom. The molecule has 1 saturated heterocycles. The summed E-state index contributed by atoms with van der Waals surface area (Å²) in [5.74, 6) is 6.42. The number of aliphatic hydroxyl groups is 1. The molecule has 0 spiro atoms. The highest BCUT2D eigenvalue weighted by molar-refractivity contribution is 7.70. The average Bonchev–Trinajstić information content (AvgIpc) is 3.73. The molecule has 1 aliphatic heterocycles. The molecule has 2 aliphatic rings. The Hall–Kier alpha value is -2.70. The zero-order valence-corrected chi connectivity index (χ0v) is 25.6. The lowest BCUT2D eigenvalue weighted by Crippen LogP contribution is -2.40. The van der Waals surface area contributed by atoms with Crippen molar-refractivity contribution in [1.82, 2.24) is 4.90 Å². The Bertz CT molecular complexity index is 1510. The van der Waals surface area contributed by atoms with Gasteiger partial charge in [0, 0.05) is 30.5 Å². The molecule has 42 heavy (non-hydrogen) atoms. The van der Waals surface area contributed by atoms with Crippen LogP contribution in [0.2, 0.25) is 0 Å². The second-order valence-corrected chi connectivity index (χ2v) is 15.6. The molecular formula is C31H37F3N3O3PS. The molecule has 0 unspecified atom stereocenters. The number of aliphatic hydroxyl groups excluding tert-OH is 1. The molecule has 6 nitrogen and oxygen atoms in total. The molecule has 226 valence electrons. The summed E-state index contributed by atoms with van der Waals surface area (Å²) in [5.41, 5.74) is 1.67. The number of piperidine rings is 1. The van der Waals surface area contributed by atoms with Gasteiger partial charge in [-0.05, 0) is 74.2 Å². The molecule has 2 heterocycles. The summed E-state index contributed by atoms with van der Waals surface area (Å²) in [6.07, 6.45) is -0.779. The monoisotopic (exact) mass is 619 g/mol. The largest absolute Gasteiger partial charge is 0.489 e. The first-order chi connectivity index (χ1) is 20.0. The molecule has 0 amide bonds. The third kappa shape index (κ3) is 7.82. The van der Waals surface area contributed by atoms with Crippen LogP contribution < -0.4 is 20.7 Å². The molecule has 1 saturated carbocycles. The van der Waals surface area contributed by atoms with Gasteiger partial charge in [0.25, 0.3) is 0 Å². The second-order valence-electron chi connectivity index (χ2n) is 11.3. The van der Waals surface area contributed by atoms with Gasteiger partial charge in [0.15, 0.2) is 0 Å². The summed E-state index contributed by atoms with van der Waals surface area (Å²) < 4.78 is 59.9. The Morgan fingerprint density at radius 2 is 1.88 bits per heavy atom. The molecule has 2 fully saturated rings. The van der Waals surface area contributed by atoms with Crippen molar-refractivity contribution in [2.45, 2.75) is 50.4 Å². The van der Waals surface area contributed by atoms with E-state index in [1.54, 1.807) is 37.6 Å². The minimum absolute atomic E-state index is 0.0696. The van der Waals surface area contributed by atoms with Crippen molar-refractivity contribution in [3.63, 3.8) is 0 Å². The van der Waals surface area contributed by atoms with E-state index in [4.69, 9.17) is 4.74 Å². The number of benzene rings is 2. The van der Waals surface area contributed by atoms with Crippen LogP contribution in [0.25, 0.3) is 10.1 Å². The zero-order valence-electron chi connectivity index (χ0n) is 23.9. The highest BCUT2D eigenvalue weighted by Crippen LogP contribution is 2.40. The van der Waals surface area contributed by atoms with E-state index in [1.807, 2.05) is 12.1 Å². The Morgan fingerprint density at radius 3 is 2.55 bits per heavy atom. The van der Waals surface area contributed by atoms with Crippen LogP contribution in [0.1, 0.15) is 36.1 Å². The molecule has 3 N–H and O–H groups in total. The lowest BCUT2D eigenvalue weighted by atomic mass is 10.0. The van der Waals surface area contributed by atoms with Crippen LogP contribution >= 0.6 is 18.5 Å². The first-order valence-corrected chi connectivity index (χ1v) is 17.7.